The highest BCUT2D eigenvalue weighted by atomic mass is 16.7. The summed E-state index contributed by atoms with van der Waals surface area (Å²) in [5.74, 6) is 0.882. The molecule has 0 saturated carbocycles. The van der Waals surface area contributed by atoms with Crippen LogP contribution < -0.4 is 29.7 Å². The van der Waals surface area contributed by atoms with E-state index in [1.165, 1.54) is 0 Å². The van der Waals surface area contributed by atoms with Crippen LogP contribution in [-0.4, -0.2) is 37.7 Å². The zero-order chi connectivity index (χ0) is 26.5. The number of anilines is 2. The van der Waals surface area contributed by atoms with Crippen molar-refractivity contribution in [3.63, 3.8) is 0 Å². The van der Waals surface area contributed by atoms with Gasteiger partial charge in [-0.15, -0.1) is 0 Å². The monoisotopic (exact) mass is 515 g/mol. The Kier molecular flexibility index (Phi) is 7.44. The first-order chi connectivity index (χ1) is 18.5. The van der Waals surface area contributed by atoms with E-state index in [9.17, 15) is 14.4 Å². The molecule has 5 rings (SSSR count). The number of rotatable bonds is 9. The molecule has 9 nitrogen and oxygen atoms in total. The second-order valence-corrected chi connectivity index (χ2v) is 9.15. The summed E-state index contributed by atoms with van der Waals surface area (Å²) in [6, 6.07) is 20.1. The lowest BCUT2D eigenvalue weighted by atomic mass is 10.1. The predicted molar refractivity (Wildman–Crippen MR) is 141 cm³/mol. The van der Waals surface area contributed by atoms with Crippen molar-refractivity contribution < 1.29 is 28.6 Å². The summed E-state index contributed by atoms with van der Waals surface area (Å²) in [4.78, 5) is 39.3. The van der Waals surface area contributed by atoms with E-state index in [1.54, 1.807) is 29.2 Å². The Morgan fingerprint density at radius 1 is 1.03 bits per heavy atom. The number of aryl methyl sites for hydroxylation is 1. The fraction of sp³-hybridized carbons (Fsp3) is 0.276. The number of carbonyl (C=O) groups excluding carboxylic acids is 3. The van der Waals surface area contributed by atoms with E-state index in [1.807, 2.05) is 49.4 Å². The van der Waals surface area contributed by atoms with E-state index in [0.29, 0.717) is 36.0 Å². The number of nitrogens with zero attached hydrogens (tertiary/aromatic N) is 1. The van der Waals surface area contributed by atoms with Gasteiger partial charge in [0.25, 0.3) is 5.91 Å². The second-order valence-electron chi connectivity index (χ2n) is 9.15. The largest absolute Gasteiger partial charge is 0.484 e. The Morgan fingerprint density at radius 2 is 1.82 bits per heavy atom. The summed E-state index contributed by atoms with van der Waals surface area (Å²) in [5, 5.41) is 5.79. The van der Waals surface area contributed by atoms with Crippen LogP contribution in [0.3, 0.4) is 0 Å². The number of para-hydroxylation sites is 1. The van der Waals surface area contributed by atoms with E-state index >= 15 is 0 Å². The number of ether oxygens (including phenoxy) is 3. The minimum absolute atomic E-state index is 0.115. The highest BCUT2D eigenvalue weighted by Gasteiger charge is 2.35. The van der Waals surface area contributed by atoms with Crippen LogP contribution in [0.5, 0.6) is 17.2 Å². The van der Waals surface area contributed by atoms with Gasteiger partial charge in [0.2, 0.25) is 18.6 Å². The molecule has 1 saturated heterocycles. The number of benzene rings is 3. The molecule has 0 aliphatic carbocycles. The molecule has 38 heavy (non-hydrogen) atoms. The van der Waals surface area contributed by atoms with Crippen molar-refractivity contribution in [2.45, 2.75) is 26.3 Å². The first kappa shape index (κ1) is 25.1. The van der Waals surface area contributed by atoms with Crippen LogP contribution in [-0.2, 0) is 27.3 Å². The van der Waals surface area contributed by atoms with Crippen LogP contribution in [0.2, 0.25) is 0 Å². The molecule has 2 heterocycles. The molecular formula is C29H29N3O6. The maximum Gasteiger partial charge on any atom is 0.262 e. The number of hydrogen-bond acceptors (Lipinski definition) is 6. The first-order valence-electron chi connectivity index (χ1n) is 12.6. The van der Waals surface area contributed by atoms with Gasteiger partial charge < -0.3 is 29.7 Å². The Hall–Kier alpha value is -4.53. The molecule has 0 aromatic heterocycles. The van der Waals surface area contributed by atoms with Crippen molar-refractivity contribution in [2.75, 3.05) is 30.2 Å². The molecule has 2 N–H and O–H groups in total. The number of amides is 3. The summed E-state index contributed by atoms with van der Waals surface area (Å²) in [5.41, 5.74) is 3.40. The van der Waals surface area contributed by atoms with Gasteiger partial charge in [0.15, 0.2) is 18.1 Å². The second kappa shape index (κ2) is 11.2. The van der Waals surface area contributed by atoms with E-state index in [2.05, 4.69) is 10.6 Å². The molecule has 1 fully saturated rings. The minimum atomic E-state index is -0.442. The van der Waals surface area contributed by atoms with Crippen molar-refractivity contribution in [3.8, 4) is 17.2 Å². The smallest absolute Gasteiger partial charge is 0.262 e. The average Bonchev–Trinajstić information content (AvgIpc) is 3.57. The number of fused-ring (bicyclic) bond motifs is 1. The summed E-state index contributed by atoms with van der Waals surface area (Å²) >= 11 is 0. The summed E-state index contributed by atoms with van der Waals surface area (Å²) in [7, 11) is 0. The van der Waals surface area contributed by atoms with E-state index < -0.39 is 5.92 Å². The van der Waals surface area contributed by atoms with Gasteiger partial charge in [0.1, 0.15) is 5.75 Å². The van der Waals surface area contributed by atoms with Gasteiger partial charge in [0.05, 0.1) is 5.92 Å². The first-order valence-corrected chi connectivity index (χ1v) is 12.6. The van der Waals surface area contributed by atoms with Gasteiger partial charge in [0, 0.05) is 30.9 Å². The normalized spacial score (nSPS) is 15.9. The van der Waals surface area contributed by atoms with E-state index in [-0.39, 0.29) is 37.5 Å². The van der Waals surface area contributed by atoms with Crippen LogP contribution in [0.25, 0.3) is 0 Å². The van der Waals surface area contributed by atoms with Gasteiger partial charge in [-0.1, -0.05) is 31.2 Å². The molecule has 0 radical (unpaired) electrons. The Morgan fingerprint density at radius 3 is 2.63 bits per heavy atom. The van der Waals surface area contributed by atoms with E-state index in [4.69, 9.17) is 14.2 Å². The highest BCUT2D eigenvalue weighted by Crippen LogP contribution is 2.32. The lowest BCUT2D eigenvalue weighted by Gasteiger charge is -2.17. The van der Waals surface area contributed by atoms with Gasteiger partial charge in [-0.2, -0.15) is 0 Å². The third kappa shape index (κ3) is 5.72. The van der Waals surface area contributed by atoms with Crippen molar-refractivity contribution in [3.05, 3.63) is 77.9 Å². The molecular weight excluding hydrogens is 486 g/mol. The van der Waals surface area contributed by atoms with Crippen molar-refractivity contribution >= 4 is 29.1 Å². The third-order valence-corrected chi connectivity index (χ3v) is 6.59. The maximum absolute atomic E-state index is 12.7. The standard InChI is InChI=1S/C29H29N3O6/c1-2-20-5-3-4-6-24(20)31-27(33)17-36-23-10-8-22(9-11-23)32-16-21(14-28(32)34)29(35)30-15-19-7-12-25-26(13-19)38-18-37-25/h3-13,21H,2,14-18H2,1H3,(H,30,35)(H,31,33)/t21-/m1/s1. The molecule has 3 aromatic carbocycles. The Balaban J connectivity index is 1.11. The van der Waals surface area contributed by atoms with Crippen LogP contribution in [0.1, 0.15) is 24.5 Å². The Labute approximate surface area is 220 Å². The van der Waals surface area contributed by atoms with Gasteiger partial charge in [-0.05, 0) is 60.0 Å². The maximum atomic E-state index is 12.7. The third-order valence-electron chi connectivity index (χ3n) is 6.59. The van der Waals surface area contributed by atoms with Crippen molar-refractivity contribution in [1.29, 1.82) is 0 Å². The zero-order valence-electron chi connectivity index (χ0n) is 21.1. The van der Waals surface area contributed by atoms with Crippen LogP contribution in [0.15, 0.2) is 66.7 Å². The fourth-order valence-corrected chi connectivity index (χ4v) is 4.53. The minimum Gasteiger partial charge on any atom is -0.484 e. The van der Waals surface area contributed by atoms with Crippen LogP contribution in [0.4, 0.5) is 11.4 Å². The lowest BCUT2D eigenvalue weighted by molar-refractivity contribution is -0.126. The van der Waals surface area contributed by atoms with Crippen molar-refractivity contribution in [2.24, 2.45) is 5.92 Å². The summed E-state index contributed by atoms with van der Waals surface area (Å²) in [6.45, 7) is 2.73. The summed E-state index contributed by atoms with van der Waals surface area (Å²) in [6.07, 6.45) is 0.959. The molecule has 3 aromatic rings. The SMILES string of the molecule is CCc1ccccc1NC(=O)COc1ccc(N2C[C@H](C(=O)NCc3ccc4c(c3)OCO4)CC2=O)cc1. The number of carbonyl (C=O) groups is 3. The molecule has 0 bridgehead atoms. The van der Waals surface area contributed by atoms with Crippen molar-refractivity contribution in [1.82, 2.24) is 5.32 Å². The van der Waals surface area contributed by atoms with Gasteiger partial charge >= 0.3 is 0 Å². The quantitative estimate of drug-likeness (QED) is 0.451. The predicted octanol–water partition coefficient (Wildman–Crippen LogP) is 3.66. The topological polar surface area (TPSA) is 106 Å². The summed E-state index contributed by atoms with van der Waals surface area (Å²) < 4.78 is 16.3. The molecule has 196 valence electrons. The average molecular weight is 516 g/mol. The van der Waals surface area contributed by atoms with Gasteiger partial charge in [-0.25, -0.2) is 0 Å². The lowest BCUT2D eigenvalue weighted by Crippen LogP contribution is -2.32. The molecule has 0 unspecified atom stereocenters. The van der Waals surface area contributed by atoms with Crippen LogP contribution in [0, 0.1) is 5.92 Å². The molecule has 9 heteroatoms. The number of hydrogen-bond donors (Lipinski definition) is 2. The molecule has 0 spiro atoms. The molecule has 3 amide bonds. The number of nitrogens with one attached hydrogen (secondary N) is 2. The zero-order valence-corrected chi connectivity index (χ0v) is 21.1. The van der Waals surface area contributed by atoms with Gasteiger partial charge in [-0.3, -0.25) is 14.4 Å². The van der Waals surface area contributed by atoms with E-state index in [0.717, 1.165) is 23.2 Å². The molecule has 2 aliphatic rings. The fourth-order valence-electron chi connectivity index (χ4n) is 4.53. The van der Waals surface area contributed by atoms with Crippen LogP contribution >= 0.6 is 0 Å². The molecule has 2 aliphatic heterocycles. The Bertz CT molecular complexity index is 1340. The molecule has 1 atom stereocenters. The highest BCUT2D eigenvalue weighted by molar-refractivity contribution is 6.00.